The molecule has 2 amide bonds. The van der Waals surface area contributed by atoms with E-state index in [4.69, 9.17) is 23.2 Å². The molecule has 0 fully saturated rings. The minimum Gasteiger partial charge on any atom is -0.322 e. The first-order valence-electron chi connectivity index (χ1n) is 10.0. The van der Waals surface area contributed by atoms with Crippen molar-refractivity contribution < 1.29 is 9.59 Å². The van der Waals surface area contributed by atoms with Crippen LogP contribution in [-0.2, 0) is 11.3 Å². The third-order valence-corrected chi connectivity index (χ3v) is 5.42. The first-order valence-corrected chi connectivity index (χ1v) is 10.8. The number of carbonyl (C=O) groups excluding carboxylic acids is 2. The normalized spacial score (nSPS) is 11.1. The van der Waals surface area contributed by atoms with Crippen LogP contribution in [0.5, 0.6) is 0 Å². The monoisotopic (exact) mass is 479 g/mol. The second-order valence-corrected chi connectivity index (χ2v) is 8.07. The van der Waals surface area contributed by atoms with Gasteiger partial charge in [0.1, 0.15) is 12.4 Å². The summed E-state index contributed by atoms with van der Waals surface area (Å²) in [6.45, 7) is 1.95. The summed E-state index contributed by atoms with van der Waals surface area (Å²) in [5.74, 6) is 0.112. The van der Waals surface area contributed by atoms with E-state index in [1.165, 1.54) is 12.3 Å². The molecule has 7 nitrogen and oxygen atoms in total. The van der Waals surface area contributed by atoms with E-state index in [0.717, 1.165) is 16.9 Å². The molecule has 0 radical (unpaired) electrons. The Balaban J connectivity index is 1.38. The molecule has 166 valence electrons. The standard InChI is InChI=1S/C24H19Cl2N5O2/c1-15-28-21-7-2-3-8-22(21)31(15)14-23(32)30-27-13-16-5-4-6-18(11-16)29-24(33)19-10-9-17(25)12-20(19)26/h2-13H,14H2,1H3,(H,29,33)(H,30,32). The zero-order valence-corrected chi connectivity index (χ0v) is 19.1. The van der Waals surface area contributed by atoms with Gasteiger partial charge in [0.05, 0.1) is 27.8 Å². The van der Waals surface area contributed by atoms with E-state index in [1.807, 2.05) is 35.8 Å². The molecule has 4 aromatic rings. The first-order chi connectivity index (χ1) is 15.9. The molecule has 2 N–H and O–H groups in total. The molecule has 0 saturated carbocycles. The maximum atomic E-state index is 12.5. The lowest BCUT2D eigenvalue weighted by atomic mass is 10.2. The Morgan fingerprint density at radius 2 is 1.88 bits per heavy atom. The van der Waals surface area contributed by atoms with Crippen molar-refractivity contribution in [2.45, 2.75) is 13.5 Å². The van der Waals surface area contributed by atoms with Crippen molar-refractivity contribution in [1.29, 1.82) is 0 Å². The molecule has 1 heterocycles. The molecular weight excluding hydrogens is 461 g/mol. The summed E-state index contributed by atoms with van der Waals surface area (Å²) in [4.78, 5) is 29.3. The lowest BCUT2D eigenvalue weighted by molar-refractivity contribution is -0.121. The van der Waals surface area contributed by atoms with Gasteiger partial charge in [-0.1, -0.05) is 47.5 Å². The fraction of sp³-hybridized carbons (Fsp3) is 0.0833. The summed E-state index contributed by atoms with van der Waals surface area (Å²) in [6.07, 6.45) is 1.50. The number of imidazole rings is 1. The van der Waals surface area contributed by atoms with Gasteiger partial charge in [0.15, 0.2) is 0 Å². The number of rotatable bonds is 6. The number of halogens is 2. The van der Waals surface area contributed by atoms with Crippen LogP contribution in [0.2, 0.25) is 10.0 Å². The summed E-state index contributed by atoms with van der Waals surface area (Å²) >= 11 is 12.0. The molecule has 0 bridgehead atoms. The Morgan fingerprint density at radius 3 is 2.70 bits per heavy atom. The number of hydrogen-bond acceptors (Lipinski definition) is 4. The fourth-order valence-electron chi connectivity index (χ4n) is 3.32. The van der Waals surface area contributed by atoms with Gasteiger partial charge in [-0.2, -0.15) is 5.10 Å². The van der Waals surface area contributed by atoms with E-state index in [-0.39, 0.29) is 23.4 Å². The van der Waals surface area contributed by atoms with Crippen LogP contribution in [0.4, 0.5) is 5.69 Å². The van der Waals surface area contributed by atoms with E-state index in [9.17, 15) is 9.59 Å². The average molecular weight is 480 g/mol. The lowest BCUT2D eigenvalue weighted by Crippen LogP contribution is -2.23. The van der Waals surface area contributed by atoms with Crippen LogP contribution in [-0.4, -0.2) is 27.6 Å². The number of aryl methyl sites for hydroxylation is 1. The van der Waals surface area contributed by atoms with Crippen molar-refractivity contribution in [1.82, 2.24) is 15.0 Å². The third-order valence-electron chi connectivity index (χ3n) is 4.87. The number of amides is 2. The van der Waals surface area contributed by atoms with Gasteiger partial charge in [-0.25, -0.2) is 10.4 Å². The number of hydrogen-bond donors (Lipinski definition) is 2. The van der Waals surface area contributed by atoms with Crippen molar-refractivity contribution in [3.05, 3.63) is 93.7 Å². The number of para-hydroxylation sites is 2. The van der Waals surface area contributed by atoms with E-state index in [2.05, 4.69) is 20.8 Å². The van der Waals surface area contributed by atoms with Crippen LogP contribution in [0.3, 0.4) is 0 Å². The van der Waals surface area contributed by atoms with Crippen LogP contribution < -0.4 is 10.7 Å². The van der Waals surface area contributed by atoms with Gasteiger partial charge in [-0.15, -0.1) is 0 Å². The molecule has 33 heavy (non-hydrogen) atoms. The van der Waals surface area contributed by atoms with E-state index in [0.29, 0.717) is 21.8 Å². The molecule has 0 unspecified atom stereocenters. The molecule has 3 aromatic carbocycles. The number of carbonyl (C=O) groups is 2. The molecule has 0 spiro atoms. The molecule has 0 atom stereocenters. The Bertz CT molecular complexity index is 1380. The lowest BCUT2D eigenvalue weighted by Gasteiger charge is -2.08. The first kappa shape index (κ1) is 22.5. The molecule has 0 aliphatic heterocycles. The average Bonchev–Trinajstić information content (AvgIpc) is 3.09. The topological polar surface area (TPSA) is 88.4 Å². The number of nitrogens with zero attached hydrogens (tertiary/aromatic N) is 3. The highest BCUT2D eigenvalue weighted by Crippen LogP contribution is 2.22. The number of nitrogens with one attached hydrogen (secondary N) is 2. The SMILES string of the molecule is Cc1nc2ccccc2n1CC(=O)NN=Cc1cccc(NC(=O)c2ccc(Cl)cc2Cl)c1. The van der Waals surface area contributed by atoms with Crippen molar-refractivity contribution in [3.63, 3.8) is 0 Å². The Morgan fingerprint density at radius 1 is 1.06 bits per heavy atom. The quantitative estimate of drug-likeness (QED) is 0.299. The van der Waals surface area contributed by atoms with Crippen molar-refractivity contribution in [2.75, 3.05) is 5.32 Å². The maximum absolute atomic E-state index is 12.5. The number of anilines is 1. The molecular formula is C24H19Cl2N5O2. The summed E-state index contributed by atoms with van der Waals surface area (Å²) in [5, 5.41) is 7.53. The van der Waals surface area contributed by atoms with Crippen LogP contribution in [0.1, 0.15) is 21.7 Å². The fourth-order valence-corrected chi connectivity index (χ4v) is 3.82. The van der Waals surface area contributed by atoms with E-state index >= 15 is 0 Å². The minimum absolute atomic E-state index is 0.0988. The molecule has 1 aromatic heterocycles. The summed E-state index contributed by atoms with van der Waals surface area (Å²) in [6, 6.07) is 19.3. The van der Waals surface area contributed by atoms with Gasteiger partial charge in [0.2, 0.25) is 0 Å². The number of aromatic nitrogens is 2. The second-order valence-electron chi connectivity index (χ2n) is 7.23. The van der Waals surface area contributed by atoms with Gasteiger partial charge < -0.3 is 9.88 Å². The number of benzene rings is 3. The van der Waals surface area contributed by atoms with Crippen molar-refractivity contribution in [3.8, 4) is 0 Å². The predicted octanol–water partition coefficient (Wildman–Crippen LogP) is 5.05. The summed E-state index contributed by atoms with van der Waals surface area (Å²) < 4.78 is 1.83. The molecule has 0 aliphatic carbocycles. The highest BCUT2D eigenvalue weighted by Gasteiger charge is 2.12. The van der Waals surface area contributed by atoms with Gasteiger partial charge in [-0.3, -0.25) is 9.59 Å². The van der Waals surface area contributed by atoms with Crippen molar-refractivity contribution in [2.24, 2.45) is 5.10 Å². The van der Waals surface area contributed by atoms with Gasteiger partial charge >= 0.3 is 0 Å². The van der Waals surface area contributed by atoms with Crippen LogP contribution in [0.15, 0.2) is 71.8 Å². The zero-order valence-electron chi connectivity index (χ0n) is 17.5. The predicted molar refractivity (Wildman–Crippen MR) is 131 cm³/mol. The highest BCUT2D eigenvalue weighted by molar-refractivity contribution is 6.37. The Kier molecular flexibility index (Phi) is 6.72. The van der Waals surface area contributed by atoms with Crippen LogP contribution in [0.25, 0.3) is 11.0 Å². The number of hydrazone groups is 1. The highest BCUT2D eigenvalue weighted by atomic mass is 35.5. The Hall–Kier alpha value is -3.68. The van der Waals surface area contributed by atoms with Crippen LogP contribution >= 0.6 is 23.2 Å². The summed E-state index contributed by atoms with van der Waals surface area (Å²) in [7, 11) is 0. The second kappa shape index (κ2) is 9.85. The third kappa shape index (κ3) is 5.39. The van der Waals surface area contributed by atoms with Gasteiger partial charge in [0.25, 0.3) is 11.8 Å². The Labute approximate surface area is 200 Å². The van der Waals surface area contributed by atoms with Crippen molar-refractivity contribution >= 4 is 58.0 Å². The van der Waals surface area contributed by atoms with Gasteiger partial charge in [0, 0.05) is 10.7 Å². The van der Waals surface area contributed by atoms with E-state index in [1.54, 1.807) is 36.4 Å². The largest absolute Gasteiger partial charge is 0.322 e. The maximum Gasteiger partial charge on any atom is 0.260 e. The molecule has 4 rings (SSSR count). The van der Waals surface area contributed by atoms with E-state index < -0.39 is 0 Å². The molecule has 0 saturated heterocycles. The molecule has 9 heteroatoms. The smallest absolute Gasteiger partial charge is 0.260 e. The minimum atomic E-state index is -0.359. The van der Waals surface area contributed by atoms with Crippen LogP contribution in [0, 0.1) is 6.92 Å². The summed E-state index contributed by atoms with van der Waals surface area (Å²) in [5.41, 5.74) is 5.82. The number of fused-ring (bicyclic) bond motifs is 1. The zero-order chi connectivity index (χ0) is 23.4. The molecule has 0 aliphatic rings. The van der Waals surface area contributed by atoms with Gasteiger partial charge in [-0.05, 0) is 55.0 Å².